The van der Waals surface area contributed by atoms with E-state index in [-0.39, 0.29) is 29.9 Å². The largest absolute Gasteiger partial charge is 0.493 e. The smallest absolute Gasteiger partial charge is 0.253 e. The minimum atomic E-state index is 0. The number of aliphatic imine (C=N–C) groups is 1. The van der Waals surface area contributed by atoms with Crippen molar-refractivity contribution >= 4 is 35.8 Å². The van der Waals surface area contributed by atoms with Gasteiger partial charge in [0.2, 0.25) is 0 Å². The average Bonchev–Trinajstić information content (AvgIpc) is 2.76. The quantitative estimate of drug-likeness (QED) is 0.262. The molecule has 2 rings (SSSR count). The van der Waals surface area contributed by atoms with Crippen molar-refractivity contribution in [1.29, 1.82) is 0 Å². The summed E-state index contributed by atoms with van der Waals surface area (Å²) in [5, 5.41) is 6.66. The molecule has 0 aliphatic carbocycles. The Hall–Kier alpha value is -2.29. The van der Waals surface area contributed by atoms with Crippen LogP contribution in [0.25, 0.3) is 0 Å². The summed E-state index contributed by atoms with van der Waals surface area (Å²) in [4.78, 5) is 18.2. The van der Waals surface area contributed by atoms with E-state index in [1.165, 1.54) is 5.56 Å². The third-order valence-electron chi connectivity index (χ3n) is 4.58. The lowest BCUT2D eigenvalue weighted by Gasteiger charge is -2.12. The summed E-state index contributed by atoms with van der Waals surface area (Å²) in [6, 6.07) is 15.9. The van der Waals surface area contributed by atoms with Gasteiger partial charge in [-0.1, -0.05) is 38.1 Å². The number of carbonyl (C=O) groups is 1. The predicted molar refractivity (Wildman–Crippen MR) is 143 cm³/mol. The first kappa shape index (κ1) is 27.7. The van der Waals surface area contributed by atoms with Crippen LogP contribution in [0.1, 0.15) is 42.3 Å². The van der Waals surface area contributed by atoms with E-state index in [9.17, 15) is 4.79 Å². The molecular weight excluding hydrogens is 515 g/mol. The van der Waals surface area contributed by atoms with Crippen molar-refractivity contribution in [3.05, 3.63) is 65.2 Å². The van der Waals surface area contributed by atoms with Gasteiger partial charge < -0.3 is 20.3 Å². The number of halogens is 1. The highest BCUT2D eigenvalue weighted by atomic mass is 127. The van der Waals surface area contributed by atoms with Gasteiger partial charge in [-0.25, -0.2) is 4.99 Å². The highest BCUT2D eigenvalue weighted by Crippen LogP contribution is 2.13. The predicted octanol–water partition coefficient (Wildman–Crippen LogP) is 4.34. The zero-order valence-corrected chi connectivity index (χ0v) is 22.2. The van der Waals surface area contributed by atoms with Crippen LogP contribution in [-0.2, 0) is 13.0 Å². The fraction of sp³-hybridized carbons (Fsp3) is 0.440. The summed E-state index contributed by atoms with van der Waals surface area (Å²) >= 11 is 0. The maximum atomic E-state index is 12.0. The van der Waals surface area contributed by atoms with Crippen LogP contribution in [0.4, 0.5) is 0 Å². The van der Waals surface area contributed by atoms with Crippen molar-refractivity contribution in [2.24, 2.45) is 10.9 Å². The Kier molecular flexibility index (Phi) is 12.8. The van der Waals surface area contributed by atoms with E-state index < -0.39 is 0 Å². The van der Waals surface area contributed by atoms with Crippen LogP contribution < -0.4 is 15.4 Å². The molecule has 0 atom stereocenters. The second-order valence-corrected chi connectivity index (χ2v) is 8.12. The molecule has 2 aromatic carbocycles. The molecule has 0 saturated heterocycles. The van der Waals surface area contributed by atoms with Crippen LogP contribution in [0.15, 0.2) is 53.5 Å². The zero-order chi connectivity index (χ0) is 22.6. The van der Waals surface area contributed by atoms with Crippen molar-refractivity contribution in [2.75, 3.05) is 33.8 Å². The van der Waals surface area contributed by atoms with E-state index in [2.05, 4.69) is 48.5 Å². The van der Waals surface area contributed by atoms with Gasteiger partial charge in [0, 0.05) is 32.7 Å². The van der Waals surface area contributed by atoms with E-state index in [1.807, 2.05) is 36.4 Å². The Morgan fingerprint density at radius 3 is 2.19 bits per heavy atom. The zero-order valence-electron chi connectivity index (χ0n) is 19.9. The number of benzene rings is 2. The summed E-state index contributed by atoms with van der Waals surface area (Å²) < 4.78 is 5.74. The van der Waals surface area contributed by atoms with Crippen molar-refractivity contribution in [3.8, 4) is 5.75 Å². The van der Waals surface area contributed by atoms with Gasteiger partial charge in [0.25, 0.3) is 5.91 Å². The number of nitrogens with zero attached hydrogens (tertiary/aromatic N) is 2. The lowest BCUT2D eigenvalue weighted by Crippen LogP contribution is -2.38. The second kappa shape index (κ2) is 14.7. The van der Waals surface area contributed by atoms with E-state index in [0.717, 1.165) is 43.4 Å². The van der Waals surface area contributed by atoms with Gasteiger partial charge in [0.05, 0.1) is 13.2 Å². The summed E-state index contributed by atoms with van der Waals surface area (Å²) in [5.41, 5.74) is 2.99. The molecule has 0 spiro atoms. The minimum Gasteiger partial charge on any atom is -0.493 e. The molecule has 176 valence electrons. The van der Waals surface area contributed by atoms with E-state index in [1.54, 1.807) is 19.0 Å². The van der Waals surface area contributed by atoms with Gasteiger partial charge in [-0.3, -0.25) is 4.79 Å². The average molecular weight is 553 g/mol. The van der Waals surface area contributed by atoms with Crippen molar-refractivity contribution in [3.63, 3.8) is 0 Å². The van der Waals surface area contributed by atoms with Gasteiger partial charge in [0.15, 0.2) is 5.96 Å². The summed E-state index contributed by atoms with van der Waals surface area (Å²) in [6.07, 6.45) is 0.899. The fourth-order valence-corrected chi connectivity index (χ4v) is 2.86. The Balaban J connectivity index is 0.00000512. The molecular formula is C25H37IN4O2. The monoisotopic (exact) mass is 552 g/mol. The lowest BCUT2D eigenvalue weighted by atomic mass is 10.1. The molecule has 0 aliphatic rings. The van der Waals surface area contributed by atoms with Crippen molar-refractivity contribution in [2.45, 2.75) is 33.7 Å². The van der Waals surface area contributed by atoms with Crippen LogP contribution in [0, 0.1) is 5.92 Å². The van der Waals surface area contributed by atoms with Crippen LogP contribution in [-0.4, -0.2) is 50.6 Å². The number of carbonyl (C=O) groups excluding carboxylic acids is 1. The second-order valence-electron chi connectivity index (χ2n) is 8.12. The molecule has 0 heterocycles. The topological polar surface area (TPSA) is 66.0 Å². The van der Waals surface area contributed by atoms with Crippen LogP contribution >= 0.6 is 24.0 Å². The van der Waals surface area contributed by atoms with Crippen molar-refractivity contribution < 1.29 is 9.53 Å². The van der Waals surface area contributed by atoms with Crippen molar-refractivity contribution in [1.82, 2.24) is 15.5 Å². The highest BCUT2D eigenvalue weighted by molar-refractivity contribution is 14.0. The summed E-state index contributed by atoms with van der Waals surface area (Å²) in [5.74, 6) is 2.22. The third kappa shape index (κ3) is 9.89. The molecule has 0 fully saturated rings. The standard InChI is InChI=1S/C25H36N4O2.HI/c1-6-26-25(28-17-21-7-11-22(12-8-21)24(30)29(4)5)27-16-15-20-9-13-23(14-10-20)31-18-19(2)3;/h7-14,19H,6,15-18H2,1-5H3,(H2,26,27,28);1H. The van der Waals surface area contributed by atoms with E-state index in [0.29, 0.717) is 18.0 Å². The number of hydrogen-bond donors (Lipinski definition) is 2. The maximum absolute atomic E-state index is 12.0. The Morgan fingerprint density at radius 2 is 1.62 bits per heavy atom. The number of guanidine groups is 1. The van der Waals surface area contributed by atoms with Gasteiger partial charge in [-0.15, -0.1) is 24.0 Å². The fourth-order valence-electron chi connectivity index (χ4n) is 2.86. The molecule has 6 nitrogen and oxygen atoms in total. The molecule has 0 aliphatic heterocycles. The summed E-state index contributed by atoms with van der Waals surface area (Å²) in [7, 11) is 3.51. The Morgan fingerprint density at radius 1 is 1.00 bits per heavy atom. The molecule has 2 N–H and O–H groups in total. The Labute approximate surface area is 209 Å². The van der Waals surface area contributed by atoms with Gasteiger partial charge in [-0.2, -0.15) is 0 Å². The van der Waals surface area contributed by atoms with Crippen LogP contribution in [0.2, 0.25) is 0 Å². The number of ether oxygens (including phenoxy) is 1. The maximum Gasteiger partial charge on any atom is 0.253 e. The molecule has 0 radical (unpaired) electrons. The third-order valence-corrected chi connectivity index (χ3v) is 4.58. The SMILES string of the molecule is CCNC(=NCc1ccc(C(=O)N(C)C)cc1)NCCc1ccc(OCC(C)C)cc1.I. The van der Waals surface area contributed by atoms with Gasteiger partial charge in [0.1, 0.15) is 5.75 Å². The molecule has 0 aromatic heterocycles. The molecule has 7 heteroatoms. The highest BCUT2D eigenvalue weighted by Gasteiger charge is 2.07. The molecule has 1 amide bonds. The van der Waals surface area contributed by atoms with Gasteiger partial charge >= 0.3 is 0 Å². The number of amides is 1. The Bertz CT molecular complexity index is 834. The normalized spacial score (nSPS) is 11.0. The number of rotatable bonds is 10. The van der Waals surface area contributed by atoms with Gasteiger partial charge in [-0.05, 0) is 54.7 Å². The summed E-state index contributed by atoms with van der Waals surface area (Å²) in [6.45, 7) is 9.20. The van der Waals surface area contributed by atoms with Crippen LogP contribution in [0.3, 0.4) is 0 Å². The first-order valence-electron chi connectivity index (χ1n) is 10.9. The first-order chi connectivity index (χ1) is 14.9. The molecule has 32 heavy (non-hydrogen) atoms. The lowest BCUT2D eigenvalue weighted by molar-refractivity contribution is 0.0827. The number of nitrogens with one attached hydrogen (secondary N) is 2. The van der Waals surface area contributed by atoms with E-state index >= 15 is 0 Å². The van der Waals surface area contributed by atoms with Crippen LogP contribution in [0.5, 0.6) is 5.75 Å². The molecule has 0 bridgehead atoms. The first-order valence-corrected chi connectivity index (χ1v) is 10.9. The molecule has 2 aromatic rings. The number of hydrogen-bond acceptors (Lipinski definition) is 3. The molecule has 0 unspecified atom stereocenters. The molecule has 0 saturated carbocycles. The minimum absolute atomic E-state index is 0. The van der Waals surface area contributed by atoms with E-state index in [4.69, 9.17) is 4.74 Å².